The van der Waals surface area contributed by atoms with Crippen LogP contribution in [0.3, 0.4) is 0 Å². The van der Waals surface area contributed by atoms with Crippen molar-refractivity contribution in [2.75, 3.05) is 11.1 Å². The standard InChI is InChI=1S/C18H12F3N7OS/c19-18(20,21)12-3-1-2-4-15(12)28-17(25-26-27-28)30-10-16(29)24-11-5-6-13-14(9-11)23-8-7-22-13/h1-9H,10H2,(H,24,29). The number of nitrogens with one attached hydrogen (secondary N) is 1. The Morgan fingerprint density at radius 2 is 1.83 bits per heavy atom. The van der Waals surface area contributed by atoms with Crippen molar-refractivity contribution in [1.29, 1.82) is 0 Å². The second-order valence-electron chi connectivity index (χ2n) is 5.98. The van der Waals surface area contributed by atoms with E-state index in [1.54, 1.807) is 30.6 Å². The third kappa shape index (κ3) is 4.22. The number of carbonyl (C=O) groups excluding carboxylic acids is 1. The Labute approximate surface area is 171 Å². The molecule has 30 heavy (non-hydrogen) atoms. The molecule has 0 saturated carbocycles. The summed E-state index contributed by atoms with van der Waals surface area (Å²) in [6.07, 6.45) is -1.46. The number of amides is 1. The van der Waals surface area contributed by atoms with E-state index >= 15 is 0 Å². The molecule has 0 aliphatic heterocycles. The summed E-state index contributed by atoms with van der Waals surface area (Å²) in [6, 6.07) is 10.0. The number of nitrogens with zero attached hydrogens (tertiary/aromatic N) is 6. The molecule has 0 aliphatic carbocycles. The Bertz CT molecular complexity index is 1210. The summed E-state index contributed by atoms with van der Waals surface area (Å²) in [5.74, 6) is -0.477. The monoisotopic (exact) mass is 431 g/mol. The molecule has 0 spiro atoms. The lowest BCUT2D eigenvalue weighted by atomic mass is 10.2. The number of hydrogen-bond donors (Lipinski definition) is 1. The van der Waals surface area contributed by atoms with Crippen molar-refractivity contribution < 1.29 is 18.0 Å². The third-order valence-electron chi connectivity index (χ3n) is 3.96. The summed E-state index contributed by atoms with van der Waals surface area (Å²) in [4.78, 5) is 20.6. The molecule has 1 amide bonds. The molecule has 8 nitrogen and oxygen atoms in total. The number of rotatable bonds is 5. The van der Waals surface area contributed by atoms with Crippen LogP contribution in [0.2, 0.25) is 0 Å². The van der Waals surface area contributed by atoms with E-state index in [1.165, 1.54) is 18.2 Å². The highest BCUT2D eigenvalue weighted by Crippen LogP contribution is 2.34. The van der Waals surface area contributed by atoms with E-state index in [4.69, 9.17) is 0 Å². The Hall–Kier alpha value is -3.54. The number of aromatic nitrogens is 6. The van der Waals surface area contributed by atoms with Crippen molar-refractivity contribution in [3.63, 3.8) is 0 Å². The maximum absolute atomic E-state index is 13.3. The molecule has 152 valence electrons. The largest absolute Gasteiger partial charge is 0.418 e. The predicted octanol–water partition coefficient (Wildman–Crippen LogP) is 3.36. The lowest BCUT2D eigenvalue weighted by molar-refractivity contribution is -0.137. The molecule has 2 aromatic carbocycles. The fourth-order valence-corrected chi connectivity index (χ4v) is 3.37. The van der Waals surface area contributed by atoms with E-state index in [2.05, 4.69) is 30.8 Å². The van der Waals surface area contributed by atoms with Gasteiger partial charge >= 0.3 is 6.18 Å². The van der Waals surface area contributed by atoms with Gasteiger partial charge in [-0.2, -0.15) is 17.9 Å². The lowest BCUT2D eigenvalue weighted by Crippen LogP contribution is -2.15. The number of anilines is 1. The molecule has 0 unspecified atom stereocenters. The van der Waals surface area contributed by atoms with Gasteiger partial charge < -0.3 is 5.32 Å². The van der Waals surface area contributed by atoms with Crippen LogP contribution < -0.4 is 5.32 Å². The topological polar surface area (TPSA) is 98.5 Å². The third-order valence-corrected chi connectivity index (χ3v) is 4.88. The Morgan fingerprint density at radius 3 is 2.63 bits per heavy atom. The number of para-hydroxylation sites is 1. The van der Waals surface area contributed by atoms with Crippen molar-refractivity contribution in [2.45, 2.75) is 11.3 Å². The van der Waals surface area contributed by atoms with Gasteiger partial charge in [0, 0.05) is 18.1 Å². The molecule has 2 aromatic heterocycles. The average Bonchev–Trinajstić information content (AvgIpc) is 3.20. The van der Waals surface area contributed by atoms with Crippen molar-refractivity contribution in [3.8, 4) is 5.69 Å². The molecule has 12 heteroatoms. The summed E-state index contributed by atoms with van der Waals surface area (Å²) < 4.78 is 40.8. The van der Waals surface area contributed by atoms with Gasteiger partial charge in [-0.1, -0.05) is 23.9 Å². The highest BCUT2D eigenvalue weighted by atomic mass is 32.2. The van der Waals surface area contributed by atoms with Gasteiger partial charge in [0.25, 0.3) is 0 Å². The van der Waals surface area contributed by atoms with Crippen LogP contribution in [0.4, 0.5) is 18.9 Å². The van der Waals surface area contributed by atoms with Gasteiger partial charge in [-0.3, -0.25) is 14.8 Å². The number of alkyl halides is 3. The van der Waals surface area contributed by atoms with Gasteiger partial charge in [0.15, 0.2) is 0 Å². The minimum Gasteiger partial charge on any atom is -0.325 e. The van der Waals surface area contributed by atoms with Gasteiger partial charge in [0.2, 0.25) is 11.1 Å². The van der Waals surface area contributed by atoms with E-state index in [1.807, 2.05) is 0 Å². The summed E-state index contributed by atoms with van der Waals surface area (Å²) in [6.45, 7) is 0. The van der Waals surface area contributed by atoms with Crippen molar-refractivity contribution in [3.05, 3.63) is 60.4 Å². The smallest absolute Gasteiger partial charge is 0.325 e. The second-order valence-corrected chi connectivity index (χ2v) is 6.93. The number of thioether (sulfide) groups is 1. The molecule has 0 fully saturated rings. The maximum atomic E-state index is 13.3. The van der Waals surface area contributed by atoms with Crippen molar-refractivity contribution >= 4 is 34.4 Å². The first-order valence-corrected chi connectivity index (χ1v) is 9.49. The first-order chi connectivity index (χ1) is 14.4. The number of halogens is 3. The van der Waals surface area contributed by atoms with Gasteiger partial charge in [-0.25, -0.2) is 0 Å². The molecule has 2 heterocycles. The van der Waals surface area contributed by atoms with Crippen LogP contribution in [0.25, 0.3) is 16.7 Å². The van der Waals surface area contributed by atoms with Crippen LogP contribution in [0.15, 0.2) is 60.0 Å². The van der Waals surface area contributed by atoms with Crippen LogP contribution in [0.1, 0.15) is 5.56 Å². The number of benzene rings is 2. The molecule has 0 atom stereocenters. The highest BCUT2D eigenvalue weighted by molar-refractivity contribution is 7.99. The number of hydrogen-bond acceptors (Lipinski definition) is 7. The maximum Gasteiger partial charge on any atom is 0.418 e. The summed E-state index contributed by atoms with van der Waals surface area (Å²) in [7, 11) is 0. The zero-order chi connectivity index (χ0) is 21.1. The van der Waals surface area contributed by atoms with Crippen LogP contribution in [-0.2, 0) is 11.0 Å². The van der Waals surface area contributed by atoms with E-state index in [-0.39, 0.29) is 22.5 Å². The molecule has 1 N–H and O–H groups in total. The van der Waals surface area contributed by atoms with Crippen LogP contribution in [0, 0.1) is 0 Å². The number of tetrazole rings is 1. The van der Waals surface area contributed by atoms with Crippen LogP contribution in [-0.4, -0.2) is 41.8 Å². The zero-order valence-corrected chi connectivity index (χ0v) is 15.9. The van der Waals surface area contributed by atoms with Crippen molar-refractivity contribution in [2.24, 2.45) is 0 Å². The fourth-order valence-electron chi connectivity index (χ4n) is 2.69. The molecule has 0 bridgehead atoms. The lowest BCUT2D eigenvalue weighted by Gasteiger charge is -2.12. The van der Waals surface area contributed by atoms with Gasteiger partial charge in [0.1, 0.15) is 0 Å². The fraction of sp³-hybridized carbons (Fsp3) is 0.111. The summed E-state index contributed by atoms with van der Waals surface area (Å²) >= 11 is 0.918. The van der Waals surface area contributed by atoms with E-state index < -0.39 is 11.7 Å². The first-order valence-electron chi connectivity index (χ1n) is 8.50. The number of carbonyl (C=O) groups is 1. The molecular weight excluding hydrogens is 419 g/mol. The normalized spacial score (nSPS) is 11.6. The quantitative estimate of drug-likeness (QED) is 0.484. The molecule has 4 aromatic rings. The summed E-state index contributed by atoms with van der Waals surface area (Å²) in [5, 5.41) is 13.6. The van der Waals surface area contributed by atoms with Crippen LogP contribution in [0.5, 0.6) is 0 Å². The van der Waals surface area contributed by atoms with E-state index in [9.17, 15) is 18.0 Å². The summed E-state index contributed by atoms with van der Waals surface area (Å²) in [5.41, 5.74) is 0.741. The Balaban J connectivity index is 1.48. The first kappa shape index (κ1) is 19.8. The van der Waals surface area contributed by atoms with E-state index in [0.29, 0.717) is 16.7 Å². The van der Waals surface area contributed by atoms with E-state index in [0.717, 1.165) is 22.5 Å². The number of fused-ring (bicyclic) bond motifs is 1. The SMILES string of the molecule is O=C(CSc1nnnn1-c1ccccc1C(F)(F)F)Nc1ccc2nccnc2c1. The highest BCUT2D eigenvalue weighted by Gasteiger charge is 2.34. The molecular formula is C18H12F3N7OS. The second kappa shape index (κ2) is 8.06. The van der Waals surface area contributed by atoms with Gasteiger partial charge in [-0.15, -0.1) is 5.10 Å². The van der Waals surface area contributed by atoms with Gasteiger partial charge in [-0.05, 0) is 40.8 Å². The van der Waals surface area contributed by atoms with Crippen LogP contribution >= 0.6 is 11.8 Å². The molecule has 0 aliphatic rings. The predicted molar refractivity (Wildman–Crippen MR) is 103 cm³/mol. The molecule has 4 rings (SSSR count). The van der Waals surface area contributed by atoms with Gasteiger partial charge in [0.05, 0.1) is 28.0 Å². The Kier molecular flexibility index (Phi) is 5.31. The minimum absolute atomic E-state index is 0.0613. The minimum atomic E-state index is -4.57. The Morgan fingerprint density at radius 1 is 1.07 bits per heavy atom. The average molecular weight is 431 g/mol. The molecule has 0 radical (unpaired) electrons. The van der Waals surface area contributed by atoms with Crippen molar-refractivity contribution in [1.82, 2.24) is 30.2 Å². The molecule has 0 saturated heterocycles. The zero-order valence-electron chi connectivity index (χ0n) is 15.0.